The average molecular weight is 264 g/mol. The maximum Gasteiger partial charge on any atom is 0.189 e. The molecule has 2 heterocycles. The van der Waals surface area contributed by atoms with Crippen LogP contribution in [0.4, 0.5) is 0 Å². The van der Waals surface area contributed by atoms with Gasteiger partial charge in [0.1, 0.15) is 18.7 Å². The van der Waals surface area contributed by atoms with E-state index in [1.807, 2.05) is 13.1 Å². The van der Waals surface area contributed by atoms with E-state index in [0.717, 1.165) is 18.8 Å². The molecule has 0 saturated heterocycles. The summed E-state index contributed by atoms with van der Waals surface area (Å²) in [6.07, 6.45) is 2.46. The summed E-state index contributed by atoms with van der Waals surface area (Å²) in [5, 5.41) is 9.12. The maximum absolute atomic E-state index is 5.76. The zero-order valence-corrected chi connectivity index (χ0v) is 11.0. The van der Waals surface area contributed by atoms with Crippen LogP contribution >= 0.6 is 11.3 Å². The second-order valence-electron chi connectivity index (χ2n) is 3.76. The first kappa shape index (κ1) is 12.6. The Morgan fingerprint density at radius 1 is 1.61 bits per heavy atom. The fourth-order valence-corrected chi connectivity index (χ4v) is 2.15. The number of aromatic nitrogens is 3. The Morgan fingerprint density at radius 3 is 3.17 bits per heavy atom. The van der Waals surface area contributed by atoms with E-state index in [2.05, 4.69) is 31.8 Å². The Labute approximate surface area is 110 Å². The van der Waals surface area contributed by atoms with Crippen LogP contribution in [0.3, 0.4) is 0 Å². The lowest BCUT2D eigenvalue weighted by molar-refractivity contribution is 0.700. The summed E-state index contributed by atoms with van der Waals surface area (Å²) in [5.41, 5.74) is 5.76. The normalized spacial score (nSPS) is 11.7. The van der Waals surface area contributed by atoms with E-state index in [-0.39, 0.29) is 0 Å². The monoisotopic (exact) mass is 264 g/mol. The molecule has 0 amide bonds. The van der Waals surface area contributed by atoms with E-state index >= 15 is 0 Å². The molecule has 0 aliphatic heterocycles. The van der Waals surface area contributed by atoms with Crippen LogP contribution in [0, 0.1) is 0 Å². The van der Waals surface area contributed by atoms with Crippen molar-refractivity contribution in [2.24, 2.45) is 17.8 Å². The molecule has 0 aliphatic carbocycles. The fourth-order valence-electron chi connectivity index (χ4n) is 1.44. The highest BCUT2D eigenvalue weighted by atomic mass is 32.1. The van der Waals surface area contributed by atoms with Gasteiger partial charge in [0.25, 0.3) is 0 Å². The summed E-state index contributed by atoms with van der Waals surface area (Å²) in [4.78, 5) is 9.62. The van der Waals surface area contributed by atoms with E-state index < -0.39 is 0 Å². The van der Waals surface area contributed by atoms with Gasteiger partial charge in [-0.05, 0) is 17.9 Å². The van der Waals surface area contributed by atoms with Crippen molar-refractivity contribution in [3.63, 3.8) is 0 Å². The van der Waals surface area contributed by atoms with E-state index in [9.17, 15) is 0 Å². The molecule has 2 aromatic rings. The van der Waals surface area contributed by atoms with Gasteiger partial charge in [-0.2, -0.15) is 5.10 Å². The molecular weight excluding hydrogens is 248 g/mol. The minimum absolute atomic E-state index is 0.439. The number of aryl methyl sites for hydroxylation is 1. The van der Waals surface area contributed by atoms with Crippen molar-refractivity contribution in [3.05, 3.63) is 34.5 Å². The number of hydrogen-bond donors (Lipinski definition) is 2. The van der Waals surface area contributed by atoms with Gasteiger partial charge in [-0.25, -0.2) is 9.98 Å². The van der Waals surface area contributed by atoms with Crippen molar-refractivity contribution >= 4 is 17.3 Å². The van der Waals surface area contributed by atoms with Gasteiger partial charge in [-0.3, -0.25) is 4.68 Å². The van der Waals surface area contributed by atoms with Crippen LogP contribution in [0.5, 0.6) is 0 Å². The maximum atomic E-state index is 5.76. The van der Waals surface area contributed by atoms with Crippen LogP contribution in [-0.2, 0) is 20.0 Å². The number of aliphatic imine (C=N–C) groups is 1. The van der Waals surface area contributed by atoms with Crippen molar-refractivity contribution in [2.45, 2.75) is 13.0 Å². The zero-order chi connectivity index (χ0) is 12.8. The predicted octanol–water partition coefficient (Wildman–Crippen LogP) is 0.524. The first-order valence-electron chi connectivity index (χ1n) is 5.65. The van der Waals surface area contributed by atoms with E-state index in [0.29, 0.717) is 12.5 Å². The molecule has 96 valence electrons. The van der Waals surface area contributed by atoms with E-state index in [4.69, 9.17) is 5.73 Å². The van der Waals surface area contributed by atoms with Crippen LogP contribution < -0.4 is 11.1 Å². The fraction of sp³-hybridized carbons (Fsp3) is 0.364. The molecule has 2 aromatic heterocycles. The lowest BCUT2D eigenvalue weighted by Crippen LogP contribution is -2.33. The topological polar surface area (TPSA) is 81.1 Å². The van der Waals surface area contributed by atoms with Crippen LogP contribution in [0.2, 0.25) is 0 Å². The Kier molecular flexibility index (Phi) is 4.30. The molecule has 6 nitrogen and oxygen atoms in total. The SMILES string of the molecule is Cn1ncnc1CN=C(N)NCCc1cccs1. The zero-order valence-electron chi connectivity index (χ0n) is 10.2. The third-order valence-electron chi connectivity index (χ3n) is 2.45. The van der Waals surface area contributed by atoms with Gasteiger partial charge >= 0.3 is 0 Å². The van der Waals surface area contributed by atoms with Crippen molar-refractivity contribution in [1.82, 2.24) is 20.1 Å². The van der Waals surface area contributed by atoms with Gasteiger partial charge in [-0.1, -0.05) is 6.07 Å². The molecule has 0 aromatic carbocycles. The molecule has 0 bridgehead atoms. The van der Waals surface area contributed by atoms with E-state index in [1.54, 1.807) is 16.0 Å². The minimum Gasteiger partial charge on any atom is -0.370 e. The summed E-state index contributed by atoms with van der Waals surface area (Å²) < 4.78 is 1.68. The molecule has 0 fully saturated rings. The lowest BCUT2D eigenvalue weighted by Gasteiger charge is -2.04. The molecule has 0 spiro atoms. The van der Waals surface area contributed by atoms with Gasteiger partial charge in [0.15, 0.2) is 5.96 Å². The summed E-state index contributed by atoms with van der Waals surface area (Å²) in [7, 11) is 1.83. The summed E-state index contributed by atoms with van der Waals surface area (Å²) >= 11 is 1.75. The molecule has 7 heteroatoms. The Bertz CT molecular complexity index is 501. The Morgan fingerprint density at radius 2 is 2.50 bits per heavy atom. The van der Waals surface area contributed by atoms with Gasteiger partial charge in [0.05, 0.1) is 0 Å². The number of hydrogen-bond acceptors (Lipinski definition) is 4. The standard InChI is InChI=1S/C11H16N6S/c1-17-10(15-8-16-17)7-14-11(12)13-5-4-9-3-2-6-18-9/h2-3,6,8H,4-5,7H2,1H3,(H3,12,13,14). The van der Waals surface area contributed by atoms with Crippen molar-refractivity contribution in [1.29, 1.82) is 0 Å². The van der Waals surface area contributed by atoms with Crippen LogP contribution in [0.15, 0.2) is 28.8 Å². The van der Waals surface area contributed by atoms with Crippen LogP contribution in [-0.4, -0.2) is 27.3 Å². The number of nitrogens with zero attached hydrogens (tertiary/aromatic N) is 4. The van der Waals surface area contributed by atoms with Crippen molar-refractivity contribution in [3.8, 4) is 0 Å². The molecule has 0 radical (unpaired) electrons. The van der Waals surface area contributed by atoms with Crippen LogP contribution in [0.25, 0.3) is 0 Å². The highest BCUT2D eigenvalue weighted by Crippen LogP contribution is 2.07. The number of rotatable bonds is 5. The van der Waals surface area contributed by atoms with Crippen LogP contribution in [0.1, 0.15) is 10.7 Å². The highest BCUT2D eigenvalue weighted by Gasteiger charge is 1.99. The Hall–Kier alpha value is -1.89. The quantitative estimate of drug-likeness (QED) is 0.609. The average Bonchev–Trinajstić information content (AvgIpc) is 2.98. The molecule has 0 atom stereocenters. The molecule has 0 aliphatic rings. The van der Waals surface area contributed by atoms with Crippen molar-refractivity contribution < 1.29 is 0 Å². The van der Waals surface area contributed by atoms with E-state index in [1.165, 1.54) is 11.2 Å². The summed E-state index contributed by atoms with van der Waals surface area (Å²) in [6.45, 7) is 1.23. The molecular formula is C11H16N6S. The second-order valence-corrected chi connectivity index (χ2v) is 4.79. The van der Waals surface area contributed by atoms with Gasteiger partial charge in [-0.15, -0.1) is 11.3 Å². The number of nitrogens with two attached hydrogens (primary N) is 1. The highest BCUT2D eigenvalue weighted by molar-refractivity contribution is 7.09. The predicted molar refractivity (Wildman–Crippen MR) is 72.4 cm³/mol. The lowest BCUT2D eigenvalue weighted by atomic mass is 10.3. The third kappa shape index (κ3) is 3.56. The summed E-state index contributed by atoms with van der Waals surface area (Å²) in [6, 6.07) is 4.16. The van der Waals surface area contributed by atoms with Gasteiger partial charge < -0.3 is 11.1 Å². The number of thiophene rings is 1. The largest absolute Gasteiger partial charge is 0.370 e. The smallest absolute Gasteiger partial charge is 0.189 e. The van der Waals surface area contributed by atoms with Gasteiger partial charge in [0.2, 0.25) is 0 Å². The first-order chi connectivity index (χ1) is 8.75. The number of nitrogens with one attached hydrogen (secondary N) is 1. The first-order valence-corrected chi connectivity index (χ1v) is 6.52. The minimum atomic E-state index is 0.439. The molecule has 0 saturated carbocycles. The molecule has 0 unspecified atom stereocenters. The Balaban J connectivity index is 1.74. The molecule has 2 rings (SSSR count). The summed E-state index contributed by atoms with van der Waals surface area (Å²) in [5.74, 6) is 1.23. The van der Waals surface area contributed by atoms with Gasteiger partial charge in [0, 0.05) is 18.5 Å². The molecule has 3 N–H and O–H groups in total. The number of guanidine groups is 1. The third-order valence-corrected chi connectivity index (χ3v) is 3.39. The van der Waals surface area contributed by atoms with Crippen molar-refractivity contribution in [2.75, 3.05) is 6.54 Å². The molecule has 18 heavy (non-hydrogen) atoms. The second kappa shape index (κ2) is 6.15.